The van der Waals surface area contributed by atoms with Gasteiger partial charge >= 0.3 is 5.69 Å². The number of anilines is 2. The molecule has 1 heterocycles. The van der Waals surface area contributed by atoms with Crippen LogP contribution < -0.4 is 27.0 Å². The molecular weight excluding hydrogens is 272 g/mol. The van der Waals surface area contributed by atoms with Crippen LogP contribution in [0.15, 0.2) is 33.9 Å². The van der Waals surface area contributed by atoms with Crippen LogP contribution in [-0.2, 0) is 13.5 Å². The first-order valence-corrected chi connectivity index (χ1v) is 6.48. The number of ether oxygens (including phenoxy) is 1. The van der Waals surface area contributed by atoms with E-state index in [9.17, 15) is 9.59 Å². The van der Waals surface area contributed by atoms with Gasteiger partial charge in [0.2, 0.25) is 0 Å². The van der Waals surface area contributed by atoms with Crippen molar-refractivity contribution in [1.29, 1.82) is 0 Å². The number of nitrogens with zero attached hydrogens (tertiary/aromatic N) is 1. The van der Waals surface area contributed by atoms with E-state index in [2.05, 4.69) is 10.3 Å². The first kappa shape index (κ1) is 14.7. The quantitative estimate of drug-likeness (QED) is 0.736. The number of rotatable bonds is 5. The molecule has 0 unspecified atom stereocenters. The second kappa shape index (κ2) is 6.17. The van der Waals surface area contributed by atoms with Gasteiger partial charge in [0, 0.05) is 13.6 Å². The summed E-state index contributed by atoms with van der Waals surface area (Å²) >= 11 is 0. The minimum absolute atomic E-state index is 0.124. The molecule has 0 aliphatic heterocycles. The summed E-state index contributed by atoms with van der Waals surface area (Å²) in [6, 6.07) is 7.66. The molecule has 21 heavy (non-hydrogen) atoms. The lowest BCUT2D eigenvalue weighted by Gasteiger charge is -2.10. The highest BCUT2D eigenvalue weighted by molar-refractivity contribution is 5.60. The number of nitrogen functional groups attached to an aromatic ring is 1. The molecule has 0 amide bonds. The molecule has 0 bridgehead atoms. The summed E-state index contributed by atoms with van der Waals surface area (Å²) in [5.41, 5.74) is 6.04. The fourth-order valence-corrected chi connectivity index (χ4v) is 1.93. The fourth-order valence-electron chi connectivity index (χ4n) is 1.93. The van der Waals surface area contributed by atoms with Gasteiger partial charge in [-0.05, 0) is 24.1 Å². The van der Waals surface area contributed by atoms with Crippen molar-refractivity contribution in [3.05, 3.63) is 50.7 Å². The van der Waals surface area contributed by atoms with Gasteiger partial charge in [-0.1, -0.05) is 12.1 Å². The number of aromatic nitrogens is 2. The van der Waals surface area contributed by atoms with Gasteiger partial charge in [-0.3, -0.25) is 14.3 Å². The predicted octanol–water partition coefficient (Wildman–Crippen LogP) is 0.319. The third kappa shape index (κ3) is 3.25. The maximum Gasteiger partial charge on any atom is 0.329 e. The van der Waals surface area contributed by atoms with Gasteiger partial charge in [-0.2, -0.15) is 0 Å². The summed E-state index contributed by atoms with van der Waals surface area (Å²) in [4.78, 5) is 25.3. The van der Waals surface area contributed by atoms with Gasteiger partial charge in [-0.25, -0.2) is 4.79 Å². The molecule has 0 saturated carbocycles. The second-order valence-corrected chi connectivity index (χ2v) is 4.60. The largest absolute Gasteiger partial charge is 0.497 e. The smallest absolute Gasteiger partial charge is 0.329 e. The van der Waals surface area contributed by atoms with Gasteiger partial charge in [0.05, 0.1) is 7.11 Å². The summed E-state index contributed by atoms with van der Waals surface area (Å²) in [7, 11) is 3.12. The molecule has 2 rings (SSSR count). The molecule has 1 aromatic heterocycles. The lowest BCUT2D eigenvalue weighted by Crippen LogP contribution is -2.32. The monoisotopic (exact) mass is 290 g/mol. The van der Waals surface area contributed by atoms with E-state index < -0.39 is 11.2 Å². The Hall–Kier alpha value is -2.70. The molecule has 7 nitrogen and oxygen atoms in total. The van der Waals surface area contributed by atoms with Crippen LogP contribution in [0, 0.1) is 0 Å². The molecule has 7 heteroatoms. The van der Waals surface area contributed by atoms with Crippen molar-refractivity contribution in [1.82, 2.24) is 9.55 Å². The SMILES string of the molecule is COc1ccc(CCNc2c(N)n(C)c(=O)[nH]c2=O)cc1. The van der Waals surface area contributed by atoms with Crippen LogP contribution in [-0.4, -0.2) is 23.2 Å². The Morgan fingerprint density at radius 3 is 2.57 bits per heavy atom. The van der Waals surface area contributed by atoms with Crippen molar-refractivity contribution in [2.45, 2.75) is 6.42 Å². The lowest BCUT2D eigenvalue weighted by molar-refractivity contribution is 0.414. The number of methoxy groups -OCH3 is 1. The highest BCUT2D eigenvalue weighted by Crippen LogP contribution is 2.12. The summed E-state index contributed by atoms with van der Waals surface area (Å²) in [6.45, 7) is 0.526. The number of nitrogens with one attached hydrogen (secondary N) is 2. The Labute approximate surface area is 121 Å². The average molecular weight is 290 g/mol. The number of aromatic amines is 1. The number of H-pyrrole nitrogens is 1. The molecule has 0 saturated heterocycles. The average Bonchev–Trinajstić information content (AvgIpc) is 2.49. The van der Waals surface area contributed by atoms with Crippen molar-refractivity contribution in [3.8, 4) is 5.75 Å². The third-order valence-electron chi connectivity index (χ3n) is 3.24. The zero-order chi connectivity index (χ0) is 15.4. The molecule has 0 fully saturated rings. The van der Waals surface area contributed by atoms with Gasteiger partial charge in [0.25, 0.3) is 5.56 Å². The Bertz CT molecular complexity index is 731. The van der Waals surface area contributed by atoms with Gasteiger partial charge in [-0.15, -0.1) is 0 Å². The van der Waals surface area contributed by atoms with Crippen LogP contribution in [0.25, 0.3) is 0 Å². The molecule has 2 aromatic rings. The minimum atomic E-state index is -0.529. The van der Waals surface area contributed by atoms with Crippen molar-refractivity contribution < 1.29 is 4.74 Å². The molecule has 112 valence electrons. The molecular formula is C14H18N4O3. The van der Waals surface area contributed by atoms with Gasteiger partial charge in [0.1, 0.15) is 17.3 Å². The Balaban J connectivity index is 2.05. The summed E-state index contributed by atoms with van der Waals surface area (Å²) < 4.78 is 6.28. The molecule has 1 aromatic carbocycles. The maximum absolute atomic E-state index is 11.7. The number of benzene rings is 1. The first-order chi connectivity index (χ1) is 10.0. The van der Waals surface area contributed by atoms with E-state index >= 15 is 0 Å². The van der Waals surface area contributed by atoms with Crippen molar-refractivity contribution in [3.63, 3.8) is 0 Å². The Morgan fingerprint density at radius 1 is 1.29 bits per heavy atom. The molecule has 0 aliphatic rings. The minimum Gasteiger partial charge on any atom is -0.497 e. The molecule has 0 radical (unpaired) electrons. The van der Waals surface area contributed by atoms with Crippen LogP contribution in [0.3, 0.4) is 0 Å². The standard InChI is InChI=1S/C14H18N4O3/c1-18-12(15)11(13(19)17-14(18)20)16-8-7-9-3-5-10(21-2)6-4-9/h3-6,16H,7-8,15H2,1-2H3,(H,17,19,20). The number of hydrogen-bond acceptors (Lipinski definition) is 5. The van der Waals surface area contributed by atoms with E-state index in [1.54, 1.807) is 7.11 Å². The van der Waals surface area contributed by atoms with E-state index in [0.29, 0.717) is 13.0 Å². The molecule has 4 N–H and O–H groups in total. The first-order valence-electron chi connectivity index (χ1n) is 6.48. The highest BCUT2D eigenvalue weighted by Gasteiger charge is 2.08. The zero-order valence-corrected chi connectivity index (χ0v) is 12.0. The highest BCUT2D eigenvalue weighted by atomic mass is 16.5. The van der Waals surface area contributed by atoms with Crippen molar-refractivity contribution in [2.24, 2.45) is 7.05 Å². The second-order valence-electron chi connectivity index (χ2n) is 4.60. The summed E-state index contributed by atoms with van der Waals surface area (Å²) in [6.07, 6.45) is 0.714. The Morgan fingerprint density at radius 2 is 1.95 bits per heavy atom. The number of nitrogens with two attached hydrogens (primary N) is 1. The topological polar surface area (TPSA) is 102 Å². The summed E-state index contributed by atoms with van der Waals surface area (Å²) in [5, 5.41) is 2.97. The summed E-state index contributed by atoms with van der Waals surface area (Å²) in [5.74, 6) is 0.920. The normalized spacial score (nSPS) is 10.4. The maximum atomic E-state index is 11.7. The Kier molecular flexibility index (Phi) is 4.32. The third-order valence-corrected chi connectivity index (χ3v) is 3.24. The van der Waals surface area contributed by atoms with Gasteiger partial charge in [0.15, 0.2) is 0 Å². The van der Waals surface area contributed by atoms with Gasteiger partial charge < -0.3 is 15.8 Å². The van der Waals surface area contributed by atoms with Crippen LogP contribution in [0.2, 0.25) is 0 Å². The molecule has 0 atom stereocenters. The zero-order valence-electron chi connectivity index (χ0n) is 12.0. The van der Waals surface area contributed by atoms with Crippen LogP contribution in [0.1, 0.15) is 5.56 Å². The van der Waals surface area contributed by atoms with Crippen LogP contribution in [0.5, 0.6) is 5.75 Å². The van der Waals surface area contributed by atoms with Crippen molar-refractivity contribution in [2.75, 3.05) is 24.7 Å². The number of hydrogen-bond donors (Lipinski definition) is 3. The van der Waals surface area contributed by atoms with Crippen LogP contribution >= 0.6 is 0 Å². The van der Waals surface area contributed by atoms with Crippen molar-refractivity contribution >= 4 is 11.5 Å². The molecule has 0 spiro atoms. The van der Waals surface area contributed by atoms with Crippen LogP contribution in [0.4, 0.5) is 11.5 Å². The van der Waals surface area contributed by atoms with E-state index in [-0.39, 0.29) is 11.5 Å². The van der Waals surface area contributed by atoms with E-state index in [1.807, 2.05) is 24.3 Å². The fraction of sp³-hybridized carbons (Fsp3) is 0.286. The van der Waals surface area contributed by atoms with E-state index in [1.165, 1.54) is 11.6 Å². The molecule has 0 aliphatic carbocycles. The van der Waals surface area contributed by atoms with E-state index in [4.69, 9.17) is 10.5 Å². The van der Waals surface area contributed by atoms with E-state index in [0.717, 1.165) is 11.3 Å². The predicted molar refractivity (Wildman–Crippen MR) is 81.9 cm³/mol. The lowest BCUT2D eigenvalue weighted by atomic mass is 10.1.